The summed E-state index contributed by atoms with van der Waals surface area (Å²) >= 11 is 0. The first-order valence-electron chi connectivity index (χ1n) is 5.55. The zero-order valence-electron chi connectivity index (χ0n) is 11.0. The third-order valence-electron chi connectivity index (χ3n) is 2.13. The predicted octanol–water partition coefficient (Wildman–Crippen LogP) is 1.71. The number of carbonyl (C=O) groups excluding carboxylic acids is 2. The molecule has 1 rings (SSSR count). The molecule has 0 heterocycles. The van der Waals surface area contributed by atoms with Crippen molar-refractivity contribution in [3.63, 3.8) is 0 Å². The van der Waals surface area contributed by atoms with Crippen molar-refractivity contribution >= 4 is 11.8 Å². The van der Waals surface area contributed by atoms with Gasteiger partial charge in [-0.2, -0.15) is 5.26 Å². The van der Waals surface area contributed by atoms with Gasteiger partial charge in [-0.1, -0.05) is 0 Å². The summed E-state index contributed by atoms with van der Waals surface area (Å²) in [5.41, 5.74) is 0.815. The smallest absolute Gasteiger partial charge is 0.308 e. The van der Waals surface area contributed by atoms with Gasteiger partial charge in [-0.15, -0.1) is 0 Å². The van der Waals surface area contributed by atoms with Crippen LogP contribution in [0.25, 0.3) is 0 Å². The number of rotatable bonds is 4. The van der Waals surface area contributed by atoms with E-state index >= 15 is 0 Å². The van der Waals surface area contributed by atoms with E-state index in [1.807, 2.05) is 6.07 Å². The Morgan fingerprint density at radius 3 is 2.26 bits per heavy atom. The molecule has 0 radical (unpaired) electrons. The number of esters is 1. The highest BCUT2D eigenvalue weighted by molar-refractivity contribution is 6.08. The molecule has 0 unspecified atom stereocenters. The average molecular weight is 258 g/mol. The number of Topliss-reactive ketones (excluding diaryl/α,β-unsaturated/α-hetero) is 1. The molecule has 0 aliphatic rings. The van der Waals surface area contributed by atoms with Crippen LogP contribution in [0.1, 0.15) is 22.8 Å². The van der Waals surface area contributed by atoms with E-state index in [1.165, 1.54) is 37.4 Å². The SMILES string of the molecule is CC(=O)O/C(=C\N(C)C)C(=O)c1ccc(C#N)cc1. The number of hydrogen-bond acceptors (Lipinski definition) is 5. The van der Waals surface area contributed by atoms with Gasteiger partial charge < -0.3 is 9.64 Å². The van der Waals surface area contributed by atoms with Crippen molar-refractivity contribution in [1.29, 1.82) is 5.26 Å². The summed E-state index contributed by atoms with van der Waals surface area (Å²) in [5, 5.41) is 8.69. The summed E-state index contributed by atoms with van der Waals surface area (Å²) in [6.07, 6.45) is 1.43. The Morgan fingerprint density at radius 1 is 1.26 bits per heavy atom. The minimum Gasteiger partial charge on any atom is -0.421 e. The molecule has 0 N–H and O–H groups in total. The van der Waals surface area contributed by atoms with E-state index in [2.05, 4.69) is 0 Å². The molecule has 0 atom stereocenters. The quantitative estimate of drug-likeness (QED) is 0.356. The lowest BCUT2D eigenvalue weighted by atomic mass is 10.1. The summed E-state index contributed by atoms with van der Waals surface area (Å²) in [6, 6.07) is 8.08. The Hall–Kier alpha value is -2.61. The largest absolute Gasteiger partial charge is 0.421 e. The van der Waals surface area contributed by atoms with Crippen molar-refractivity contribution in [3.8, 4) is 6.07 Å². The number of ether oxygens (including phenoxy) is 1. The average Bonchev–Trinajstić information content (AvgIpc) is 2.36. The maximum Gasteiger partial charge on any atom is 0.308 e. The standard InChI is InChI=1S/C14H14N2O3/c1-10(17)19-13(9-16(2)3)14(18)12-6-4-11(8-15)5-7-12/h4-7,9H,1-3H3/b13-9-. The van der Waals surface area contributed by atoms with E-state index in [0.29, 0.717) is 11.1 Å². The van der Waals surface area contributed by atoms with Crippen LogP contribution in [0.5, 0.6) is 0 Å². The van der Waals surface area contributed by atoms with Crippen LogP contribution >= 0.6 is 0 Å². The Balaban J connectivity index is 3.05. The van der Waals surface area contributed by atoms with E-state index in [-0.39, 0.29) is 5.76 Å². The highest BCUT2D eigenvalue weighted by Gasteiger charge is 2.16. The monoisotopic (exact) mass is 258 g/mol. The van der Waals surface area contributed by atoms with E-state index in [0.717, 1.165) is 0 Å². The first-order valence-corrected chi connectivity index (χ1v) is 5.55. The second-order valence-electron chi connectivity index (χ2n) is 4.07. The van der Waals surface area contributed by atoms with Crippen LogP contribution in [0.15, 0.2) is 36.2 Å². The summed E-state index contributed by atoms with van der Waals surface area (Å²) in [4.78, 5) is 24.8. The summed E-state index contributed by atoms with van der Waals surface area (Å²) in [7, 11) is 3.44. The predicted molar refractivity (Wildman–Crippen MR) is 69.0 cm³/mol. The lowest BCUT2D eigenvalue weighted by Crippen LogP contribution is -2.14. The van der Waals surface area contributed by atoms with Crippen LogP contribution in [0.2, 0.25) is 0 Å². The molecule has 19 heavy (non-hydrogen) atoms. The van der Waals surface area contributed by atoms with Crippen LogP contribution < -0.4 is 0 Å². The minimum atomic E-state index is -0.560. The lowest BCUT2D eigenvalue weighted by molar-refractivity contribution is -0.136. The van der Waals surface area contributed by atoms with Crippen molar-refractivity contribution in [2.24, 2.45) is 0 Å². The minimum absolute atomic E-state index is 0.0535. The van der Waals surface area contributed by atoms with E-state index in [9.17, 15) is 9.59 Å². The molecular weight excluding hydrogens is 244 g/mol. The molecule has 1 aromatic rings. The Bertz CT molecular complexity index is 551. The van der Waals surface area contributed by atoms with Crippen molar-refractivity contribution in [3.05, 3.63) is 47.4 Å². The normalized spacial score (nSPS) is 10.5. The fourth-order valence-corrected chi connectivity index (χ4v) is 1.36. The number of carbonyl (C=O) groups is 2. The van der Waals surface area contributed by atoms with E-state index in [4.69, 9.17) is 10.00 Å². The molecule has 5 heteroatoms. The van der Waals surface area contributed by atoms with Gasteiger partial charge >= 0.3 is 5.97 Å². The Labute approximate surface area is 111 Å². The molecule has 0 aliphatic carbocycles. The highest BCUT2D eigenvalue weighted by atomic mass is 16.5. The summed E-state index contributed by atoms with van der Waals surface area (Å²) < 4.78 is 4.90. The molecule has 0 bridgehead atoms. The van der Waals surface area contributed by atoms with Crippen LogP contribution in [-0.2, 0) is 9.53 Å². The first-order chi connectivity index (χ1) is 8.93. The van der Waals surface area contributed by atoms with Gasteiger partial charge in [0.2, 0.25) is 5.78 Å². The van der Waals surface area contributed by atoms with Gasteiger partial charge in [0, 0.05) is 32.8 Å². The van der Waals surface area contributed by atoms with Crippen molar-refractivity contribution in [2.45, 2.75) is 6.92 Å². The fraction of sp³-hybridized carbons (Fsp3) is 0.214. The third kappa shape index (κ3) is 4.28. The summed E-state index contributed by atoms with van der Waals surface area (Å²) in [6.45, 7) is 1.23. The number of benzene rings is 1. The highest BCUT2D eigenvalue weighted by Crippen LogP contribution is 2.12. The molecular formula is C14H14N2O3. The van der Waals surface area contributed by atoms with Crippen LogP contribution in [0.3, 0.4) is 0 Å². The molecule has 0 saturated carbocycles. The van der Waals surface area contributed by atoms with Gasteiger partial charge in [0.05, 0.1) is 11.6 Å². The molecule has 98 valence electrons. The molecule has 0 fully saturated rings. The number of nitriles is 1. The van der Waals surface area contributed by atoms with Crippen LogP contribution in [-0.4, -0.2) is 30.7 Å². The molecule has 5 nitrogen and oxygen atoms in total. The van der Waals surface area contributed by atoms with Crippen LogP contribution in [0, 0.1) is 11.3 Å². The number of nitrogens with zero attached hydrogens (tertiary/aromatic N) is 2. The zero-order chi connectivity index (χ0) is 14.4. The second-order valence-corrected chi connectivity index (χ2v) is 4.07. The van der Waals surface area contributed by atoms with E-state index in [1.54, 1.807) is 19.0 Å². The van der Waals surface area contributed by atoms with Gasteiger partial charge in [0.15, 0.2) is 5.76 Å². The van der Waals surface area contributed by atoms with Gasteiger partial charge in [0.25, 0.3) is 0 Å². The zero-order valence-corrected chi connectivity index (χ0v) is 11.0. The molecule has 1 aromatic carbocycles. The first kappa shape index (κ1) is 14.5. The summed E-state index contributed by atoms with van der Waals surface area (Å²) in [5.74, 6) is -1.02. The van der Waals surface area contributed by atoms with Gasteiger partial charge in [0.1, 0.15) is 0 Å². The Kier molecular flexibility index (Phi) is 4.84. The van der Waals surface area contributed by atoms with Gasteiger partial charge in [-0.05, 0) is 24.3 Å². The van der Waals surface area contributed by atoms with Gasteiger partial charge in [-0.25, -0.2) is 0 Å². The molecule has 0 aromatic heterocycles. The van der Waals surface area contributed by atoms with Crippen molar-refractivity contribution < 1.29 is 14.3 Å². The number of ketones is 1. The third-order valence-corrected chi connectivity index (χ3v) is 2.13. The van der Waals surface area contributed by atoms with Crippen LogP contribution in [0.4, 0.5) is 0 Å². The lowest BCUT2D eigenvalue weighted by Gasteiger charge is -2.10. The van der Waals surface area contributed by atoms with E-state index < -0.39 is 11.8 Å². The molecule has 0 aliphatic heterocycles. The fourth-order valence-electron chi connectivity index (χ4n) is 1.36. The maximum atomic E-state index is 12.2. The molecule has 0 spiro atoms. The number of allylic oxidation sites excluding steroid dienone is 1. The van der Waals surface area contributed by atoms with Crippen molar-refractivity contribution in [1.82, 2.24) is 4.90 Å². The number of hydrogen-bond donors (Lipinski definition) is 0. The molecule has 0 amide bonds. The Morgan fingerprint density at radius 2 is 1.84 bits per heavy atom. The molecule has 0 saturated heterocycles. The second kappa shape index (κ2) is 6.36. The van der Waals surface area contributed by atoms with Gasteiger partial charge in [-0.3, -0.25) is 9.59 Å². The maximum absolute atomic E-state index is 12.2. The van der Waals surface area contributed by atoms with Crippen molar-refractivity contribution in [2.75, 3.05) is 14.1 Å². The topological polar surface area (TPSA) is 70.4 Å².